The lowest BCUT2D eigenvalue weighted by atomic mass is 9.89. The van der Waals surface area contributed by atoms with Crippen molar-refractivity contribution in [2.75, 3.05) is 5.32 Å². The molecule has 5 heteroatoms. The summed E-state index contributed by atoms with van der Waals surface area (Å²) in [5.41, 5.74) is 6.70. The summed E-state index contributed by atoms with van der Waals surface area (Å²) in [6.07, 6.45) is 1.77. The Labute approximate surface area is 129 Å². The van der Waals surface area contributed by atoms with Gasteiger partial charge >= 0.3 is 0 Å². The van der Waals surface area contributed by atoms with Crippen LogP contribution < -0.4 is 10.7 Å². The molecule has 1 aromatic rings. The van der Waals surface area contributed by atoms with Crippen molar-refractivity contribution in [2.45, 2.75) is 26.7 Å². The molecular weight excluding hydrogens is 278 g/mol. The van der Waals surface area contributed by atoms with Crippen molar-refractivity contribution in [2.24, 2.45) is 28.8 Å². The van der Waals surface area contributed by atoms with Crippen molar-refractivity contribution in [1.29, 1.82) is 0 Å². The van der Waals surface area contributed by atoms with Gasteiger partial charge in [-0.05, 0) is 42.0 Å². The van der Waals surface area contributed by atoms with Crippen LogP contribution in [0.15, 0.2) is 23.3 Å². The topological polar surface area (TPSA) is 70.6 Å². The number of amides is 2. The molecule has 114 valence electrons. The van der Waals surface area contributed by atoms with E-state index in [1.54, 1.807) is 0 Å². The van der Waals surface area contributed by atoms with Gasteiger partial charge in [-0.1, -0.05) is 19.9 Å². The third kappa shape index (κ3) is 2.03. The van der Waals surface area contributed by atoms with Crippen LogP contribution in [0.5, 0.6) is 0 Å². The number of rotatable bonds is 1. The van der Waals surface area contributed by atoms with Crippen molar-refractivity contribution in [3.8, 4) is 0 Å². The summed E-state index contributed by atoms with van der Waals surface area (Å²) in [5, 5.41) is 7.27. The smallest absolute Gasteiger partial charge is 0.243 e. The molecule has 4 rings (SSSR count). The van der Waals surface area contributed by atoms with Gasteiger partial charge in [-0.25, -0.2) is 5.43 Å². The highest BCUT2D eigenvalue weighted by Gasteiger charge is 2.49. The first-order valence-electron chi connectivity index (χ1n) is 7.86. The Balaban J connectivity index is 1.69. The molecular formula is C17H19N3O2. The van der Waals surface area contributed by atoms with Gasteiger partial charge in [0.25, 0.3) is 0 Å². The first-order chi connectivity index (χ1) is 10.5. The Morgan fingerprint density at radius 3 is 2.77 bits per heavy atom. The Bertz CT molecular complexity index is 710. The van der Waals surface area contributed by atoms with E-state index in [9.17, 15) is 9.59 Å². The van der Waals surface area contributed by atoms with Crippen LogP contribution in [0.1, 0.15) is 31.4 Å². The van der Waals surface area contributed by atoms with Gasteiger partial charge in [-0.2, -0.15) is 5.10 Å². The van der Waals surface area contributed by atoms with Gasteiger partial charge in [-0.3, -0.25) is 9.59 Å². The van der Waals surface area contributed by atoms with Gasteiger partial charge < -0.3 is 5.32 Å². The molecule has 0 bridgehead atoms. The van der Waals surface area contributed by atoms with Gasteiger partial charge in [0.05, 0.1) is 5.71 Å². The lowest BCUT2D eigenvalue weighted by Gasteiger charge is -2.15. The number of hydrazone groups is 1. The van der Waals surface area contributed by atoms with E-state index in [0.29, 0.717) is 5.92 Å². The molecule has 0 saturated heterocycles. The number of hydrogen-bond donors (Lipinski definition) is 2. The average Bonchev–Trinajstić information content (AvgIpc) is 3.30. The van der Waals surface area contributed by atoms with Crippen LogP contribution >= 0.6 is 0 Å². The molecule has 2 heterocycles. The Morgan fingerprint density at radius 1 is 1.14 bits per heavy atom. The van der Waals surface area contributed by atoms with E-state index in [0.717, 1.165) is 35.4 Å². The molecule has 1 aliphatic carbocycles. The molecule has 2 N–H and O–H groups in total. The SMILES string of the molecule is CC1Cc2cc(C3=NNC(=O)C4CC34)ccc2NC(=O)C1C. The van der Waals surface area contributed by atoms with Crippen LogP contribution in [0, 0.1) is 23.7 Å². The van der Waals surface area contributed by atoms with Crippen LogP contribution in [-0.2, 0) is 16.0 Å². The standard InChI is InChI=1S/C17H19N3O2/c1-8-5-11-6-10(3-4-14(11)18-16(21)9(8)2)15-12-7-13(12)17(22)20-19-15/h3-4,6,8-9,12-13H,5,7H2,1-2H3,(H,18,21)(H,20,22). The quantitative estimate of drug-likeness (QED) is 0.831. The minimum Gasteiger partial charge on any atom is -0.326 e. The van der Waals surface area contributed by atoms with Gasteiger partial charge in [-0.15, -0.1) is 0 Å². The maximum absolute atomic E-state index is 12.1. The van der Waals surface area contributed by atoms with E-state index in [-0.39, 0.29) is 29.6 Å². The normalized spacial score (nSPS) is 32.9. The first kappa shape index (κ1) is 13.5. The molecule has 1 aromatic carbocycles. The van der Waals surface area contributed by atoms with E-state index in [4.69, 9.17) is 0 Å². The average molecular weight is 297 g/mol. The molecule has 3 aliphatic rings. The van der Waals surface area contributed by atoms with Gasteiger partial charge in [0.1, 0.15) is 0 Å². The molecule has 5 nitrogen and oxygen atoms in total. The van der Waals surface area contributed by atoms with E-state index < -0.39 is 0 Å². The largest absolute Gasteiger partial charge is 0.326 e. The fraction of sp³-hybridized carbons (Fsp3) is 0.471. The van der Waals surface area contributed by atoms with Crippen molar-refractivity contribution < 1.29 is 9.59 Å². The number of fused-ring (bicyclic) bond motifs is 2. The Hall–Kier alpha value is -2.17. The van der Waals surface area contributed by atoms with Crippen LogP contribution in [-0.4, -0.2) is 17.5 Å². The van der Waals surface area contributed by atoms with Gasteiger partial charge in [0.15, 0.2) is 0 Å². The summed E-state index contributed by atoms with van der Waals surface area (Å²) in [5.74, 6) is 0.809. The van der Waals surface area contributed by atoms with Crippen LogP contribution in [0.3, 0.4) is 0 Å². The highest BCUT2D eigenvalue weighted by Crippen LogP contribution is 2.44. The summed E-state index contributed by atoms with van der Waals surface area (Å²) in [6, 6.07) is 6.07. The molecule has 22 heavy (non-hydrogen) atoms. The monoisotopic (exact) mass is 297 g/mol. The maximum Gasteiger partial charge on any atom is 0.243 e. The second-order valence-corrected chi connectivity index (χ2v) is 6.75. The van der Waals surface area contributed by atoms with Crippen molar-refractivity contribution in [3.63, 3.8) is 0 Å². The number of carbonyl (C=O) groups excluding carboxylic acids is 2. The molecule has 1 saturated carbocycles. The van der Waals surface area contributed by atoms with Crippen LogP contribution in [0.4, 0.5) is 5.69 Å². The predicted molar refractivity (Wildman–Crippen MR) is 83.4 cm³/mol. The maximum atomic E-state index is 12.1. The number of carbonyl (C=O) groups is 2. The lowest BCUT2D eigenvalue weighted by Crippen LogP contribution is -2.28. The minimum absolute atomic E-state index is 0.00923. The van der Waals surface area contributed by atoms with Gasteiger partial charge in [0.2, 0.25) is 11.8 Å². The molecule has 2 aliphatic heterocycles. The van der Waals surface area contributed by atoms with Crippen molar-refractivity contribution in [3.05, 3.63) is 29.3 Å². The highest BCUT2D eigenvalue weighted by molar-refractivity contribution is 6.10. The van der Waals surface area contributed by atoms with Crippen molar-refractivity contribution in [1.82, 2.24) is 5.43 Å². The molecule has 2 amide bonds. The summed E-state index contributed by atoms with van der Waals surface area (Å²) in [4.78, 5) is 23.6. The second-order valence-electron chi connectivity index (χ2n) is 6.75. The van der Waals surface area contributed by atoms with E-state index in [1.807, 2.05) is 19.1 Å². The molecule has 4 atom stereocenters. The highest BCUT2D eigenvalue weighted by atomic mass is 16.2. The van der Waals surface area contributed by atoms with E-state index >= 15 is 0 Å². The molecule has 0 spiro atoms. The summed E-state index contributed by atoms with van der Waals surface area (Å²) < 4.78 is 0. The summed E-state index contributed by atoms with van der Waals surface area (Å²) in [6.45, 7) is 4.09. The zero-order valence-electron chi connectivity index (χ0n) is 12.7. The Morgan fingerprint density at radius 2 is 1.95 bits per heavy atom. The van der Waals surface area contributed by atoms with E-state index in [2.05, 4.69) is 28.8 Å². The zero-order chi connectivity index (χ0) is 15.4. The third-order valence-electron chi connectivity index (χ3n) is 5.23. The summed E-state index contributed by atoms with van der Waals surface area (Å²) in [7, 11) is 0. The number of nitrogens with zero attached hydrogens (tertiary/aromatic N) is 1. The fourth-order valence-electron chi connectivity index (χ4n) is 3.42. The third-order valence-corrected chi connectivity index (χ3v) is 5.23. The minimum atomic E-state index is 0.00923. The lowest BCUT2D eigenvalue weighted by molar-refractivity contribution is -0.123. The van der Waals surface area contributed by atoms with Crippen molar-refractivity contribution >= 4 is 23.2 Å². The molecule has 1 fully saturated rings. The molecule has 4 unspecified atom stereocenters. The number of hydrogen-bond acceptors (Lipinski definition) is 3. The zero-order valence-corrected chi connectivity index (χ0v) is 12.7. The number of benzene rings is 1. The first-order valence-corrected chi connectivity index (χ1v) is 7.86. The molecule has 0 radical (unpaired) electrons. The molecule has 0 aromatic heterocycles. The predicted octanol–water partition coefficient (Wildman–Crippen LogP) is 1.92. The number of anilines is 1. The number of nitrogens with one attached hydrogen (secondary N) is 2. The van der Waals surface area contributed by atoms with Crippen LogP contribution in [0.2, 0.25) is 0 Å². The van der Waals surface area contributed by atoms with Gasteiger partial charge in [0, 0.05) is 23.4 Å². The fourth-order valence-corrected chi connectivity index (χ4v) is 3.42. The van der Waals surface area contributed by atoms with E-state index in [1.165, 1.54) is 0 Å². The van der Waals surface area contributed by atoms with Crippen LogP contribution in [0.25, 0.3) is 0 Å². The Kier molecular flexibility index (Phi) is 2.86. The summed E-state index contributed by atoms with van der Waals surface area (Å²) >= 11 is 0. The second kappa shape index (κ2) is 4.66.